The Balaban J connectivity index is 1.91. The Morgan fingerprint density at radius 1 is 1.38 bits per heavy atom. The zero-order valence-electron chi connectivity index (χ0n) is 11.5. The Bertz CT molecular complexity index is 497. The maximum atomic E-state index is 11.9. The molecule has 21 heavy (non-hydrogen) atoms. The fourth-order valence-electron chi connectivity index (χ4n) is 2.32. The lowest BCUT2D eigenvalue weighted by Gasteiger charge is -2.15. The van der Waals surface area contributed by atoms with Gasteiger partial charge in [-0.05, 0) is 36.5 Å². The first-order valence-corrected chi connectivity index (χ1v) is 7.29. The van der Waals surface area contributed by atoms with Crippen molar-refractivity contribution in [2.75, 3.05) is 13.2 Å². The number of carbonyl (C=O) groups is 2. The van der Waals surface area contributed by atoms with Crippen molar-refractivity contribution in [1.29, 1.82) is 0 Å². The summed E-state index contributed by atoms with van der Waals surface area (Å²) in [6, 6.07) is 5.37. The van der Waals surface area contributed by atoms with Gasteiger partial charge in [0.25, 0.3) is 0 Å². The number of hydrogen-bond donors (Lipinski definition) is 2. The van der Waals surface area contributed by atoms with Crippen molar-refractivity contribution in [3.8, 4) is 0 Å². The maximum Gasteiger partial charge on any atom is 0.330 e. The number of hydrogen-bond acceptors (Lipinski definition) is 3. The number of nitrogens with one attached hydrogen (secondary N) is 1. The molecular formula is C15H18ClNO4. The molecule has 1 aliphatic heterocycles. The molecule has 2 unspecified atom stereocenters. The Morgan fingerprint density at radius 2 is 2.10 bits per heavy atom. The van der Waals surface area contributed by atoms with Gasteiger partial charge in [0.2, 0.25) is 5.91 Å². The summed E-state index contributed by atoms with van der Waals surface area (Å²) < 4.78 is 5.25. The molecule has 0 spiro atoms. The summed E-state index contributed by atoms with van der Waals surface area (Å²) in [6.45, 7) is 1.43. The standard InChI is InChI=1S/C15H18ClNO4/c16-12-4-2-11(3-5-12)14(15(19)20)17-13(18)6-1-10-7-8-21-9-10/h2-5,10,14H,1,6-9H2,(H,17,18)(H,19,20). The number of carboxylic acid groups (broad SMARTS) is 1. The third kappa shape index (κ3) is 4.72. The molecule has 1 heterocycles. The van der Waals surface area contributed by atoms with Crippen LogP contribution < -0.4 is 5.32 Å². The van der Waals surface area contributed by atoms with Gasteiger partial charge in [0.05, 0.1) is 0 Å². The van der Waals surface area contributed by atoms with Crippen LogP contribution >= 0.6 is 11.6 Å². The second kappa shape index (κ2) is 7.43. The molecule has 1 fully saturated rings. The Morgan fingerprint density at radius 3 is 2.67 bits per heavy atom. The van der Waals surface area contributed by atoms with E-state index < -0.39 is 12.0 Å². The number of carbonyl (C=O) groups excluding carboxylic acids is 1. The summed E-state index contributed by atoms with van der Waals surface area (Å²) in [6.07, 6.45) is 2.00. The van der Waals surface area contributed by atoms with E-state index in [1.807, 2.05) is 0 Å². The van der Waals surface area contributed by atoms with Crippen LogP contribution in [0, 0.1) is 5.92 Å². The molecule has 2 rings (SSSR count). The van der Waals surface area contributed by atoms with Crippen molar-refractivity contribution < 1.29 is 19.4 Å². The molecule has 114 valence electrons. The van der Waals surface area contributed by atoms with E-state index >= 15 is 0 Å². The SMILES string of the molecule is O=C(CCC1CCOC1)NC(C(=O)O)c1ccc(Cl)cc1. The lowest BCUT2D eigenvalue weighted by Crippen LogP contribution is -2.33. The van der Waals surface area contributed by atoms with Crippen LogP contribution in [0.4, 0.5) is 0 Å². The van der Waals surface area contributed by atoms with Crippen LogP contribution in [0.2, 0.25) is 5.02 Å². The fourth-order valence-corrected chi connectivity index (χ4v) is 2.45. The predicted octanol–water partition coefficient (Wildman–Crippen LogP) is 2.40. The van der Waals surface area contributed by atoms with Gasteiger partial charge in [-0.15, -0.1) is 0 Å². The third-order valence-corrected chi connectivity index (χ3v) is 3.81. The largest absolute Gasteiger partial charge is 0.479 e. The molecule has 5 nitrogen and oxygen atoms in total. The first-order valence-electron chi connectivity index (χ1n) is 6.91. The molecule has 6 heteroatoms. The van der Waals surface area contributed by atoms with Gasteiger partial charge >= 0.3 is 5.97 Å². The lowest BCUT2D eigenvalue weighted by atomic mass is 10.0. The molecule has 0 bridgehead atoms. The first kappa shape index (κ1) is 15.8. The van der Waals surface area contributed by atoms with Crippen LogP contribution in [0.1, 0.15) is 30.9 Å². The van der Waals surface area contributed by atoms with Gasteiger partial charge in [-0.3, -0.25) is 4.79 Å². The van der Waals surface area contributed by atoms with Gasteiger partial charge in [0.15, 0.2) is 6.04 Å². The van der Waals surface area contributed by atoms with E-state index in [4.69, 9.17) is 16.3 Å². The fraction of sp³-hybridized carbons (Fsp3) is 0.467. The molecule has 1 amide bonds. The van der Waals surface area contributed by atoms with Gasteiger partial charge in [0.1, 0.15) is 0 Å². The summed E-state index contributed by atoms with van der Waals surface area (Å²) >= 11 is 5.78. The van der Waals surface area contributed by atoms with Crippen molar-refractivity contribution in [2.45, 2.75) is 25.3 Å². The summed E-state index contributed by atoms with van der Waals surface area (Å²) in [7, 11) is 0. The van der Waals surface area contributed by atoms with E-state index in [2.05, 4.69) is 5.32 Å². The minimum absolute atomic E-state index is 0.260. The van der Waals surface area contributed by atoms with Crippen LogP contribution in [0.3, 0.4) is 0 Å². The van der Waals surface area contributed by atoms with Crippen molar-refractivity contribution in [3.05, 3.63) is 34.9 Å². The summed E-state index contributed by atoms with van der Waals surface area (Å²) in [5.74, 6) is -0.950. The number of ether oxygens (including phenoxy) is 1. The van der Waals surface area contributed by atoms with Gasteiger partial charge in [-0.2, -0.15) is 0 Å². The first-order chi connectivity index (χ1) is 10.1. The molecular weight excluding hydrogens is 294 g/mol. The molecule has 0 aromatic heterocycles. The third-order valence-electron chi connectivity index (χ3n) is 3.56. The van der Waals surface area contributed by atoms with Crippen molar-refractivity contribution >= 4 is 23.5 Å². The molecule has 1 aliphatic rings. The minimum atomic E-state index is -1.09. The quantitative estimate of drug-likeness (QED) is 0.846. The monoisotopic (exact) mass is 311 g/mol. The summed E-state index contributed by atoms with van der Waals surface area (Å²) in [5.41, 5.74) is 0.504. The molecule has 2 atom stereocenters. The summed E-state index contributed by atoms with van der Waals surface area (Å²) in [4.78, 5) is 23.2. The van der Waals surface area contributed by atoms with Crippen LogP contribution in [-0.4, -0.2) is 30.2 Å². The molecule has 0 radical (unpaired) electrons. The van der Waals surface area contributed by atoms with E-state index in [1.54, 1.807) is 24.3 Å². The highest BCUT2D eigenvalue weighted by molar-refractivity contribution is 6.30. The van der Waals surface area contributed by atoms with Crippen molar-refractivity contribution in [2.24, 2.45) is 5.92 Å². The second-order valence-corrected chi connectivity index (χ2v) is 5.60. The van der Waals surface area contributed by atoms with E-state index in [-0.39, 0.29) is 5.91 Å². The maximum absolute atomic E-state index is 11.9. The zero-order valence-corrected chi connectivity index (χ0v) is 12.3. The number of aliphatic carboxylic acids is 1. The molecule has 0 aliphatic carbocycles. The Kier molecular flexibility index (Phi) is 5.59. The highest BCUT2D eigenvalue weighted by atomic mass is 35.5. The topological polar surface area (TPSA) is 75.6 Å². The zero-order chi connectivity index (χ0) is 15.2. The Hall–Kier alpha value is -1.59. The number of amides is 1. The highest BCUT2D eigenvalue weighted by Crippen LogP contribution is 2.20. The average molecular weight is 312 g/mol. The van der Waals surface area contributed by atoms with Gasteiger partial charge in [0, 0.05) is 24.7 Å². The molecule has 1 aromatic carbocycles. The van der Waals surface area contributed by atoms with E-state index in [0.717, 1.165) is 19.4 Å². The van der Waals surface area contributed by atoms with Crippen molar-refractivity contribution in [3.63, 3.8) is 0 Å². The number of benzene rings is 1. The normalized spacial score (nSPS) is 19.2. The number of halogens is 1. The molecule has 1 aromatic rings. The van der Waals surface area contributed by atoms with Crippen molar-refractivity contribution in [1.82, 2.24) is 5.32 Å². The van der Waals surface area contributed by atoms with Gasteiger partial charge in [-0.25, -0.2) is 4.79 Å². The lowest BCUT2D eigenvalue weighted by molar-refractivity contribution is -0.142. The van der Waals surface area contributed by atoms with Crippen LogP contribution in [0.5, 0.6) is 0 Å². The smallest absolute Gasteiger partial charge is 0.330 e. The minimum Gasteiger partial charge on any atom is -0.479 e. The summed E-state index contributed by atoms with van der Waals surface area (Å²) in [5, 5.41) is 12.3. The van der Waals surface area contributed by atoms with Crippen LogP contribution in [0.25, 0.3) is 0 Å². The van der Waals surface area contributed by atoms with Gasteiger partial charge in [-0.1, -0.05) is 23.7 Å². The van der Waals surface area contributed by atoms with Crippen LogP contribution in [-0.2, 0) is 14.3 Å². The number of rotatable bonds is 6. The van der Waals surface area contributed by atoms with E-state index in [0.29, 0.717) is 29.5 Å². The van der Waals surface area contributed by atoms with Gasteiger partial charge < -0.3 is 15.2 Å². The second-order valence-electron chi connectivity index (χ2n) is 5.16. The number of carboxylic acids is 1. The average Bonchev–Trinajstić information content (AvgIpc) is 2.97. The predicted molar refractivity (Wildman–Crippen MR) is 78.1 cm³/mol. The highest BCUT2D eigenvalue weighted by Gasteiger charge is 2.23. The molecule has 0 saturated carbocycles. The molecule has 1 saturated heterocycles. The van der Waals surface area contributed by atoms with Crippen LogP contribution in [0.15, 0.2) is 24.3 Å². The molecule has 2 N–H and O–H groups in total. The Labute approximate surface area is 128 Å². The van der Waals surface area contributed by atoms with E-state index in [1.165, 1.54) is 0 Å². The van der Waals surface area contributed by atoms with E-state index in [9.17, 15) is 14.7 Å².